The zero-order chi connectivity index (χ0) is 59.9. The predicted octanol–water partition coefficient (Wildman–Crippen LogP) is 23.9. The highest BCUT2D eigenvalue weighted by molar-refractivity contribution is 5.71. The monoisotopic (exact) mass is 1150 g/mol. The van der Waals surface area contributed by atoms with Crippen LogP contribution in [0.2, 0.25) is 0 Å². The maximum Gasteiger partial charge on any atom is 0.306 e. The van der Waals surface area contributed by atoms with Crippen LogP contribution in [0.3, 0.4) is 0 Å². The molecule has 0 bridgehead atoms. The summed E-state index contributed by atoms with van der Waals surface area (Å²) < 4.78 is 16.9. The van der Waals surface area contributed by atoms with E-state index in [2.05, 4.69) is 167 Å². The van der Waals surface area contributed by atoms with Crippen molar-refractivity contribution < 1.29 is 28.6 Å². The van der Waals surface area contributed by atoms with Crippen molar-refractivity contribution in [3.05, 3.63) is 146 Å². The van der Waals surface area contributed by atoms with Gasteiger partial charge in [-0.25, -0.2) is 0 Å². The number of unbranched alkanes of at least 4 members (excludes halogenated alkanes) is 26. The summed E-state index contributed by atoms with van der Waals surface area (Å²) in [6, 6.07) is 0. The molecule has 0 saturated carbocycles. The molecule has 0 aromatic rings. The summed E-state index contributed by atoms with van der Waals surface area (Å²) >= 11 is 0. The SMILES string of the molecule is CC/C=C\C/C=C\C/C=C\C/C=C\C/C=C\C/C=C\C/C=C\CCCCCCCCCC(=O)OCC(COC(=O)CCCCCCC/C=C\CCCC)OC(=O)CCCCCCCCCCCCCC/C=C\C/C=C\C/C=C\C/C=C\CC. The average molecular weight is 1150 g/mol. The highest BCUT2D eigenvalue weighted by atomic mass is 16.6. The maximum atomic E-state index is 12.9. The quantitative estimate of drug-likeness (QED) is 0.0261. The molecule has 0 aliphatic rings. The standard InChI is InChI=1S/C77H126O6/c1-4-7-10-13-16-19-22-24-26-28-30-32-34-36-37-38-39-41-42-44-46-48-50-52-55-58-61-64-67-70-76(79)82-73-74(72-81-75(78)69-66-63-60-57-54-21-18-15-12-9-6-3)83-77(80)71-68-65-62-59-56-53-51-49-47-45-43-40-35-33-31-29-27-25-23-20-17-14-11-8-5-2/h7-8,10-11,15-20,24-27,30-33,36-37,39,41,44,46,74H,4-6,9,12-14,21-23,28-29,34-35,38,40,42-43,45,47-73H2,1-3H3/b10-7-,11-8-,18-15-,19-16-,20-17-,26-24-,27-25-,32-30-,33-31-,37-36-,41-39-,46-44-. The summed E-state index contributed by atoms with van der Waals surface area (Å²) in [6.07, 6.45) is 100. The molecule has 0 rings (SSSR count). The number of ether oxygens (including phenoxy) is 3. The number of allylic oxidation sites excluding steroid dienone is 24. The van der Waals surface area contributed by atoms with Crippen LogP contribution in [0.4, 0.5) is 0 Å². The van der Waals surface area contributed by atoms with Gasteiger partial charge in [0.05, 0.1) is 0 Å². The van der Waals surface area contributed by atoms with E-state index in [0.29, 0.717) is 19.3 Å². The number of hydrogen-bond donors (Lipinski definition) is 0. The van der Waals surface area contributed by atoms with Gasteiger partial charge in [0.1, 0.15) is 13.2 Å². The van der Waals surface area contributed by atoms with E-state index in [1.807, 2.05) is 0 Å². The fourth-order valence-electron chi connectivity index (χ4n) is 9.22. The van der Waals surface area contributed by atoms with Gasteiger partial charge >= 0.3 is 17.9 Å². The normalized spacial score (nSPS) is 13.0. The minimum Gasteiger partial charge on any atom is -0.462 e. The summed E-state index contributed by atoms with van der Waals surface area (Å²) in [5.74, 6) is -0.908. The van der Waals surface area contributed by atoms with Crippen LogP contribution in [-0.2, 0) is 28.6 Å². The number of rotatable bonds is 61. The molecule has 0 aliphatic heterocycles. The van der Waals surface area contributed by atoms with Gasteiger partial charge < -0.3 is 14.2 Å². The van der Waals surface area contributed by atoms with Gasteiger partial charge in [-0.1, -0.05) is 295 Å². The minimum atomic E-state index is -0.794. The van der Waals surface area contributed by atoms with Gasteiger partial charge in [-0.3, -0.25) is 14.4 Å². The molecular weight excluding hydrogens is 1020 g/mol. The summed E-state index contributed by atoms with van der Waals surface area (Å²) in [5.41, 5.74) is 0. The smallest absolute Gasteiger partial charge is 0.306 e. The summed E-state index contributed by atoms with van der Waals surface area (Å²) in [7, 11) is 0. The van der Waals surface area contributed by atoms with Crippen molar-refractivity contribution in [3.8, 4) is 0 Å². The van der Waals surface area contributed by atoms with Crippen molar-refractivity contribution in [3.63, 3.8) is 0 Å². The van der Waals surface area contributed by atoms with E-state index in [1.165, 1.54) is 116 Å². The molecule has 6 nitrogen and oxygen atoms in total. The molecule has 0 aromatic carbocycles. The van der Waals surface area contributed by atoms with Crippen molar-refractivity contribution in [1.29, 1.82) is 0 Å². The zero-order valence-corrected chi connectivity index (χ0v) is 53.9. The molecule has 0 radical (unpaired) electrons. The fourth-order valence-corrected chi connectivity index (χ4v) is 9.22. The lowest BCUT2D eigenvalue weighted by Gasteiger charge is -2.18. The highest BCUT2D eigenvalue weighted by Gasteiger charge is 2.19. The van der Waals surface area contributed by atoms with Gasteiger partial charge in [-0.05, 0) is 135 Å². The molecular formula is C77H126O6. The van der Waals surface area contributed by atoms with Gasteiger partial charge in [0.2, 0.25) is 0 Å². The number of carbonyl (C=O) groups excluding carboxylic acids is 3. The Morgan fingerprint density at radius 2 is 0.470 bits per heavy atom. The first-order valence-electron chi connectivity index (χ1n) is 34.3. The van der Waals surface area contributed by atoms with Gasteiger partial charge in [0, 0.05) is 19.3 Å². The second-order valence-corrected chi connectivity index (χ2v) is 22.3. The van der Waals surface area contributed by atoms with Crippen molar-refractivity contribution in [2.45, 2.75) is 309 Å². The van der Waals surface area contributed by atoms with E-state index in [4.69, 9.17) is 14.2 Å². The Balaban J connectivity index is 4.30. The van der Waals surface area contributed by atoms with E-state index in [-0.39, 0.29) is 31.1 Å². The summed E-state index contributed by atoms with van der Waals surface area (Å²) in [6.45, 7) is 6.37. The van der Waals surface area contributed by atoms with Crippen LogP contribution in [0, 0.1) is 0 Å². The molecule has 0 saturated heterocycles. The van der Waals surface area contributed by atoms with E-state index < -0.39 is 6.10 Å². The van der Waals surface area contributed by atoms with E-state index in [0.717, 1.165) is 148 Å². The molecule has 83 heavy (non-hydrogen) atoms. The highest BCUT2D eigenvalue weighted by Crippen LogP contribution is 2.16. The number of esters is 3. The van der Waals surface area contributed by atoms with Crippen LogP contribution >= 0.6 is 0 Å². The third-order valence-electron chi connectivity index (χ3n) is 14.3. The van der Waals surface area contributed by atoms with Crippen molar-refractivity contribution >= 4 is 17.9 Å². The molecule has 0 spiro atoms. The zero-order valence-electron chi connectivity index (χ0n) is 53.9. The van der Waals surface area contributed by atoms with Crippen LogP contribution in [-0.4, -0.2) is 37.2 Å². The van der Waals surface area contributed by atoms with Crippen molar-refractivity contribution in [2.24, 2.45) is 0 Å². The molecule has 0 aliphatic carbocycles. The molecule has 1 atom stereocenters. The van der Waals surface area contributed by atoms with Gasteiger partial charge in [-0.2, -0.15) is 0 Å². The second kappa shape index (κ2) is 69.8. The fraction of sp³-hybridized carbons (Fsp3) is 0.649. The first-order valence-corrected chi connectivity index (χ1v) is 34.3. The minimum absolute atomic E-state index is 0.0898. The summed E-state index contributed by atoms with van der Waals surface area (Å²) in [5, 5.41) is 0. The van der Waals surface area contributed by atoms with Crippen LogP contribution in [0.5, 0.6) is 0 Å². The molecule has 0 fully saturated rings. The predicted molar refractivity (Wildman–Crippen MR) is 362 cm³/mol. The Hall–Kier alpha value is -4.71. The second-order valence-electron chi connectivity index (χ2n) is 22.3. The van der Waals surface area contributed by atoms with Crippen LogP contribution in [0.1, 0.15) is 303 Å². The Morgan fingerprint density at radius 1 is 0.253 bits per heavy atom. The average Bonchev–Trinajstić information content (AvgIpc) is 3.48. The van der Waals surface area contributed by atoms with Crippen molar-refractivity contribution in [1.82, 2.24) is 0 Å². The third kappa shape index (κ3) is 68.0. The molecule has 0 amide bonds. The number of hydrogen-bond acceptors (Lipinski definition) is 6. The third-order valence-corrected chi connectivity index (χ3v) is 14.3. The Labute approximate surface area is 512 Å². The first-order chi connectivity index (χ1) is 41.0. The molecule has 0 N–H and O–H groups in total. The lowest BCUT2D eigenvalue weighted by molar-refractivity contribution is -0.167. The van der Waals surface area contributed by atoms with Gasteiger partial charge in [0.15, 0.2) is 6.10 Å². The van der Waals surface area contributed by atoms with Gasteiger partial charge in [0.25, 0.3) is 0 Å². The van der Waals surface area contributed by atoms with E-state index in [9.17, 15) is 14.4 Å². The van der Waals surface area contributed by atoms with Gasteiger partial charge in [-0.15, -0.1) is 0 Å². The Bertz CT molecular complexity index is 1800. The Kier molecular flexibility index (Phi) is 65.8. The largest absolute Gasteiger partial charge is 0.462 e. The molecule has 0 heterocycles. The Morgan fingerprint density at radius 3 is 0.747 bits per heavy atom. The van der Waals surface area contributed by atoms with Crippen molar-refractivity contribution in [2.75, 3.05) is 13.2 Å². The van der Waals surface area contributed by atoms with Crippen LogP contribution in [0.25, 0.3) is 0 Å². The van der Waals surface area contributed by atoms with Crippen LogP contribution < -0.4 is 0 Å². The molecule has 1 unspecified atom stereocenters. The van der Waals surface area contributed by atoms with E-state index >= 15 is 0 Å². The maximum absolute atomic E-state index is 12.9. The van der Waals surface area contributed by atoms with E-state index in [1.54, 1.807) is 0 Å². The topological polar surface area (TPSA) is 78.9 Å². The molecule has 470 valence electrons. The van der Waals surface area contributed by atoms with Crippen LogP contribution in [0.15, 0.2) is 146 Å². The lowest BCUT2D eigenvalue weighted by Crippen LogP contribution is -2.30. The molecule has 0 aromatic heterocycles. The first kappa shape index (κ1) is 78.3. The summed E-state index contributed by atoms with van der Waals surface area (Å²) in [4.78, 5) is 38.4. The molecule has 6 heteroatoms. The lowest BCUT2D eigenvalue weighted by atomic mass is 10.0. The number of carbonyl (C=O) groups is 3.